The van der Waals surface area contributed by atoms with Gasteiger partial charge in [0.1, 0.15) is 0 Å². The average Bonchev–Trinajstić information content (AvgIpc) is 2.89. The Morgan fingerprint density at radius 3 is 1.83 bits per heavy atom. The molecule has 0 atom stereocenters. The van der Waals surface area contributed by atoms with Crippen LogP contribution in [0.25, 0.3) is 0 Å². The number of aromatic amines is 1. The van der Waals surface area contributed by atoms with E-state index in [9.17, 15) is 0 Å². The molecule has 0 aliphatic carbocycles. The van der Waals surface area contributed by atoms with E-state index in [0.29, 0.717) is 0 Å². The second-order valence-electron chi connectivity index (χ2n) is 5.48. The van der Waals surface area contributed by atoms with Crippen LogP contribution in [0.4, 0.5) is 0 Å². The van der Waals surface area contributed by atoms with E-state index < -0.39 is 0 Å². The Labute approximate surface area is 113 Å². The predicted octanol–water partition coefficient (Wildman–Crippen LogP) is 5.87. The van der Waals surface area contributed by atoms with Crippen molar-refractivity contribution in [3.05, 3.63) is 24.0 Å². The number of H-pyrrole nitrogens is 1. The zero-order chi connectivity index (χ0) is 12.9. The van der Waals surface area contributed by atoms with Gasteiger partial charge in [0.25, 0.3) is 0 Å². The largest absolute Gasteiger partial charge is 0.365 e. The van der Waals surface area contributed by atoms with Crippen LogP contribution in [0.1, 0.15) is 83.2 Å². The molecule has 0 unspecified atom stereocenters. The summed E-state index contributed by atoms with van der Waals surface area (Å²) >= 11 is 0. The third kappa shape index (κ3) is 8.38. The summed E-state index contributed by atoms with van der Waals surface area (Å²) in [7, 11) is 0. The Morgan fingerprint density at radius 1 is 0.778 bits per heavy atom. The Hall–Kier alpha value is -0.720. The molecule has 0 radical (unpaired) electrons. The summed E-state index contributed by atoms with van der Waals surface area (Å²) in [6, 6.07) is 4.28. The van der Waals surface area contributed by atoms with E-state index in [1.54, 1.807) is 0 Å². The number of aryl methyl sites for hydroxylation is 1. The van der Waals surface area contributed by atoms with E-state index in [0.717, 1.165) is 0 Å². The maximum Gasteiger partial charge on any atom is 0.0147 e. The molecule has 1 heterocycles. The topological polar surface area (TPSA) is 15.8 Å². The van der Waals surface area contributed by atoms with Crippen molar-refractivity contribution in [2.24, 2.45) is 0 Å². The minimum absolute atomic E-state index is 1.23. The summed E-state index contributed by atoms with van der Waals surface area (Å²) in [4.78, 5) is 3.27. The van der Waals surface area contributed by atoms with E-state index in [4.69, 9.17) is 0 Å². The van der Waals surface area contributed by atoms with Crippen molar-refractivity contribution in [2.45, 2.75) is 84.0 Å². The first-order valence-corrected chi connectivity index (χ1v) is 8.05. The van der Waals surface area contributed by atoms with E-state index in [1.165, 1.54) is 82.7 Å². The molecular formula is C17H31N. The van der Waals surface area contributed by atoms with Crippen LogP contribution < -0.4 is 0 Å². The van der Waals surface area contributed by atoms with Crippen molar-refractivity contribution in [3.8, 4) is 0 Å². The van der Waals surface area contributed by atoms with Crippen LogP contribution >= 0.6 is 0 Å². The molecule has 0 aromatic carbocycles. The van der Waals surface area contributed by atoms with Crippen molar-refractivity contribution < 1.29 is 0 Å². The monoisotopic (exact) mass is 249 g/mol. The van der Waals surface area contributed by atoms with Gasteiger partial charge >= 0.3 is 0 Å². The van der Waals surface area contributed by atoms with E-state index in [-0.39, 0.29) is 0 Å². The van der Waals surface area contributed by atoms with Crippen molar-refractivity contribution in [2.75, 3.05) is 0 Å². The first kappa shape index (κ1) is 15.3. The highest BCUT2D eigenvalue weighted by molar-refractivity contribution is 5.03. The summed E-state index contributed by atoms with van der Waals surface area (Å²) in [6.07, 6.45) is 18.9. The van der Waals surface area contributed by atoms with E-state index in [2.05, 4.69) is 24.0 Å². The number of unbranched alkanes of at least 4 members (excludes halogenated alkanes) is 10. The Morgan fingerprint density at radius 2 is 1.33 bits per heavy atom. The van der Waals surface area contributed by atoms with Gasteiger partial charge in [0, 0.05) is 11.9 Å². The predicted molar refractivity (Wildman–Crippen MR) is 81.0 cm³/mol. The van der Waals surface area contributed by atoms with Gasteiger partial charge in [-0.15, -0.1) is 0 Å². The minimum Gasteiger partial charge on any atom is -0.365 e. The zero-order valence-electron chi connectivity index (χ0n) is 12.2. The molecular weight excluding hydrogens is 218 g/mol. The number of nitrogens with one attached hydrogen (secondary N) is 1. The second-order valence-corrected chi connectivity index (χ2v) is 5.48. The molecule has 0 spiro atoms. The quantitative estimate of drug-likeness (QED) is 0.446. The lowest BCUT2D eigenvalue weighted by Gasteiger charge is -2.02. The van der Waals surface area contributed by atoms with E-state index >= 15 is 0 Å². The molecule has 1 nitrogen and oxygen atoms in total. The normalized spacial score (nSPS) is 10.9. The highest BCUT2D eigenvalue weighted by Gasteiger charge is 1.95. The maximum atomic E-state index is 3.27. The molecule has 0 bridgehead atoms. The van der Waals surface area contributed by atoms with Crippen LogP contribution in [0.3, 0.4) is 0 Å². The molecule has 1 N–H and O–H groups in total. The highest BCUT2D eigenvalue weighted by atomic mass is 14.7. The Kier molecular flexibility index (Phi) is 9.69. The van der Waals surface area contributed by atoms with Crippen LogP contribution in [0, 0.1) is 0 Å². The lowest BCUT2D eigenvalue weighted by molar-refractivity contribution is 0.549. The van der Waals surface area contributed by atoms with E-state index in [1.807, 2.05) is 6.20 Å². The Bertz CT molecular complexity index is 251. The number of rotatable bonds is 12. The van der Waals surface area contributed by atoms with Crippen LogP contribution in [0.5, 0.6) is 0 Å². The van der Waals surface area contributed by atoms with Crippen molar-refractivity contribution in [1.82, 2.24) is 4.98 Å². The Balaban J connectivity index is 1.73. The highest BCUT2D eigenvalue weighted by Crippen LogP contribution is 2.12. The van der Waals surface area contributed by atoms with Crippen LogP contribution in [0.15, 0.2) is 18.3 Å². The van der Waals surface area contributed by atoms with Crippen molar-refractivity contribution in [1.29, 1.82) is 0 Å². The van der Waals surface area contributed by atoms with Gasteiger partial charge in [-0.05, 0) is 25.0 Å². The second kappa shape index (κ2) is 11.4. The average molecular weight is 249 g/mol. The fourth-order valence-corrected chi connectivity index (χ4v) is 2.50. The van der Waals surface area contributed by atoms with Crippen LogP contribution in [-0.4, -0.2) is 4.98 Å². The lowest BCUT2D eigenvalue weighted by Crippen LogP contribution is -1.86. The molecule has 0 fully saturated rings. The van der Waals surface area contributed by atoms with Gasteiger partial charge in [0.05, 0.1) is 0 Å². The number of aromatic nitrogens is 1. The van der Waals surface area contributed by atoms with Crippen LogP contribution in [-0.2, 0) is 6.42 Å². The minimum atomic E-state index is 1.23. The fraction of sp³-hybridized carbons (Fsp3) is 0.765. The first-order valence-electron chi connectivity index (χ1n) is 8.05. The third-order valence-electron chi connectivity index (χ3n) is 3.71. The van der Waals surface area contributed by atoms with Crippen LogP contribution in [0.2, 0.25) is 0 Å². The smallest absolute Gasteiger partial charge is 0.0147 e. The summed E-state index contributed by atoms with van der Waals surface area (Å²) in [5.74, 6) is 0. The summed E-state index contributed by atoms with van der Waals surface area (Å²) in [6.45, 7) is 2.28. The first-order chi connectivity index (χ1) is 8.93. The molecule has 0 amide bonds. The van der Waals surface area contributed by atoms with Gasteiger partial charge < -0.3 is 4.98 Å². The van der Waals surface area contributed by atoms with Crippen molar-refractivity contribution >= 4 is 0 Å². The summed E-state index contributed by atoms with van der Waals surface area (Å²) < 4.78 is 0. The molecule has 0 aliphatic rings. The SMILES string of the molecule is CCCCCCCCCCCCCc1ccc[nH]1. The molecule has 1 heteroatoms. The molecule has 1 aromatic heterocycles. The molecule has 18 heavy (non-hydrogen) atoms. The third-order valence-corrected chi connectivity index (χ3v) is 3.71. The fourth-order valence-electron chi connectivity index (χ4n) is 2.50. The lowest BCUT2D eigenvalue weighted by atomic mass is 10.0. The van der Waals surface area contributed by atoms with Gasteiger partial charge in [-0.1, -0.05) is 71.1 Å². The summed E-state index contributed by atoms with van der Waals surface area (Å²) in [5, 5.41) is 0. The zero-order valence-corrected chi connectivity index (χ0v) is 12.2. The van der Waals surface area contributed by atoms with Gasteiger partial charge in [-0.25, -0.2) is 0 Å². The molecule has 1 aromatic rings. The van der Waals surface area contributed by atoms with Gasteiger partial charge in [0.15, 0.2) is 0 Å². The molecule has 0 aliphatic heterocycles. The van der Waals surface area contributed by atoms with Gasteiger partial charge in [0.2, 0.25) is 0 Å². The molecule has 1 rings (SSSR count). The summed E-state index contributed by atoms with van der Waals surface area (Å²) in [5.41, 5.74) is 1.39. The van der Waals surface area contributed by atoms with Gasteiger partial charge in [-0.3, -0.25) is 0 Å². The number of hydrogen-bond acceptors (Lipinski definition) is 0. The van der Waals surface area contributed by atoms with Crippen molar-refractivity contribution in [3.63, 3.8) is 0 Å². The molecule has 0 saturated heterocycles. The molecule has 0 saturated carbocycles. The molecule has 104 valence electrons. The van der Waals surface area contributed by atoms with Gasteiger partial charge in [-0.2, -0.15) is 0 Å². The number of hydrogen-bond donors (Lipinski definition) is 1. The standard InChI is InChI=1S/C17H31N/c1-2-3-4-5-6-7-8-9-10-11-12-14-17-15-13-16-18-17/h13,15-16,18H,2-12,14H2,1H3. The maximum absolute atomic E-state index is 3.27.